The molecular formula is C10H9BrClN3OS. The lowest BCUT2D eigenvalue weighted by Crippen LogP contribution is -2.21. The Morgan fingerprint density at radius 2 is 2.41 bits per heavy atom. The van der Waals surface area contributed by atoms with Crippen LogP contribution in [-0.4, -0.2) is 17.0 Å². The molecule has 2 aromatic heterocycles. The maximum absolute atomic E-state index is 11.3. The molecule has 4 nitrogen and oxygen atoms in total. The number of halogens is 2. The Morgan fingerprint density at radius 1 is 1.65 bits per heavy atom. The normalized spacial score (nSPS) is 10.5. The fourth-order valence-corrected chi connectivity index (χ4v) is 3.14. The highest BCUT2D eigenvalue weighted by atomic mass is 79.9. The smallest absolute Gasteiger partial charge is 0.271 e. The quantitative estimate of drug-likeness (QED) is 0.939. The maximum atomic E-state index is 11.3. The molecule has 0 saturated heterocycles. The van der Waals surface area contributed by atoms with Crippen LogP contribution in [0.3, 0.4) is 0 Å². The molecule has 0 bridgehead atoms. The average Bonchev–Trinajstić information content (AvgIpc) is 2.68. The summed E-state index contributed by atoms with van der Waals surface area (Å²) in [6.45, 7) is 0.659. The second-order valence-corrected chi connectivity index (χ2v) is 5.75. The molecule has 0 aliphatic heterocycles. The van der Waals surface area contributed by atoms with Crippen molar-refractivity contribution in [2.24, 2.45) is 0 Å². The number of nitrogens with zero attached hydrogens (tertiary/aromatic N) is 2. The van der Waals surface area contributed by atoms with E-state index in [1.165, 1.54) is 6.33 Å². The van der Waals surface area contributed by atoms with Crippen LogP contribution in [-0.2, 0) is 6.54 Å². The van der Waals surface area contributed by atoms with Gasteiger partial charge in [0.05, 0.1) is 12.9 Å². The second kappa shape index (κ2) is 5.20. The minimum atomic E-state index is -0.323. The van der Waals surface area contributed by atoms with E-state index >= 15 is 0 Å². The molecule has 17 heavy (non-hydrogen) atoms. The van der Waals surface area contributed by atoms with E-state index in [9.17, 15) is 4.79 Å². The molecule has 0 radical (unpaired) electrons. The van der Waals surface area contributed by atoms with E-state index in [4.69, 9.17) is 11.6 Å². The molecule has 90 valence electrons. The van der Waals surface area contributed by atoms with Gasteiger partial charge in [0.15, 0.2) is 5.82 Å². The first-order valence-corrected chi connectivity index (χ1v) is 6.80. The summed E-state index contributed by atoms with van der Waals surface area (Å²) in [7, 11) is 1.85. The summed E-state index contributed by atoms with van der Waals surface area (Å²) in [5.41, 5.74) is -0.323. The summed E-state index contributed by atoms with van der Waals surface area (Å²) >= 11 is 10.9. The van der Waals surface area contributed by atoms with E-state index in [0.717, 1.165) is 9.35 Å². The third-order valence-electron chi connectivity index (χ3n) is 2.15. The van der Waals surface area contributed by atoms with E-state index in [2.05, 4.69) is 25.9 Å². The van der Waals surface area contributed by atoms with Crippen LogP contribution in [0.1, 0.15) is 4.88 Å². The van der Waals surface area contributed by atoms with Gasteiger partial charge in [-0.2, -0.15) is 0 Å². The molecule has 0 atom stereocenters. The van der Waals surface area contributed by atoms with Crippen molar-refractivity contribution in [1.29, 1.82) is 0 Å². The molecule has 0 spiro atoms. The lowest BCUT2D eigenvalue weighted by Gasteiger charge is -2.17. The number of hydrogen-bond donors (Lipinski definition) is 1. The van der Waals surface area contributed by atoms with Gasteiger partial charge in [-0.3, -0.25) is 4.79 Å². The summed E-state index contributed by atoms with van der Waals surface area (Å²) < 4.78 is 1.05. The van der Waals surface area contributed by atoms with Crippen molar-refractivity contribution in [3.8, 4) is 0 Å². The van der Waals surface area contributed by atoms with Crippen LogP contribution in [0.15, 0.2) is 27.0 Å². The number of rotatable bonds is 3. The van der Waals surface area contributed by atoms with E-state index in [0.29, 0.717) is 12.4 Å². The zero-order valence-electron chi connectivity index (χ0n) is 8.91. The van der Waals surface area contributed by atoms with Crippen molar-refractivity contribution in [3.63, 3.8) is 0 Å². The van der Waals surface area contributed by atoms with Gasteiger partial charge in [0.25, 0.3) is 5.56 Å². The number of anilines is 1. The molecule has 0 fully saturated rings. The highest BCUT2D eigenvalue weighted by Crippen LogP contribution is 2.24. The van der Waals surface area contributed by atoms with Crippen LogP contribution in [0.5, 0.6) is 0 Å². The van der Waals surface area contributed by atoms with Crippen LogP contribution in [0.25, 0.3) is 0 Å². The first-order valence-electron chi connectivity index (χ1n) is 4.75. The van der Waals surface area contributed by atoms with Gasteiger partial charge in [-0.05, 0) is 22.0 Å². The summed E-state index contributed by atoms with van der Waals surface area (Å²) in [5.74, 6) is 0.486. The Morgan fingerprint density at radius 3 is 3.06 bits per heavy atom. The van der Waals surface area contributed by atoms with E-state index < -0.39 is 0 Å². The third kappa shape index (κ3) is 2.88. The molecule has 0 aromatic carbocycles. The predicted molar refractivity (Wildman–Crippen MR) is 74.0 cm³/mol. The van der Waals surface area contributed by atoms with Gasteiger partial charge < -0.3 is 9.88 Å². The molecule has 7 heteroatoms. The van der Waals surface area contributed by atoms with Gasteiger partial charge in [-0.25, -0.2) is 4.98 Å². The minimum Gasteiger partial charge on any atom is -0.353 e. The van der Waals surface area contributed by atoms with Crippen molar-refractivity contribution in [2.75, 3.05) is 11.9 Å². The van der Waals surface area contributed by atoms with Gasteiger partial charge in [-0.15, -0.1) is 11.3 Å². The molecule has 0 saturated carbocycles. The van der Waals surface area contributed by atoms with Crippen molar-refractivity contribution < 1.29 is 0 Å². The lowest BCUT2D eigenvalue weighted by molar-refractivity contribution is 0.899. The summed E-state index contributed by atoms with van der Waals surface area (Å²) in [5, 5.41) is 2.13. The predicted octanol–water partition coefficient (Wildman–Crippen LogP) is 2.88. The first kappa shape index (κ1) is 12.6. The average molecular weight is 335 g/mol. The largest absolute Gasteiger partial charge is 0.353 e. The first-order chi connectivity index (χ1) is 8.08. The number of nitrogens with one attached hydrogen (secondary N) is 1. The summed E-state index contributed by atoms with van der Waals surface area (Å²) in [6, 6.07) is 2.03. The molecule has 0 aliphatic carbocycles. The molecule has 0 amide bonds. The van der Waals surface area contributed by atoms with Gasteiger partial charge in [0.2, 0.25) is 0 Å². The maximum Gasteiger partial charge on any atom is 0.271 e. The molecule has 2 heterocycles. The molecule has 2 rings (SSSR count). The van der Waals surface area contributed by atoms with Crippen LogP contribution in [0, 0.1) is 0 Å². The van der Waals surface area contributed by atoms with Crippen molar-refractivity contribution in [1.82, 2.24) is 9.97 Å². The standard InChI is InChI=1S/C10H9BrClN3OS/c1-15(3-7-2-6(11)4-17-7)9-8(12)10(16)14-5-13-9/h2,4-5H,3H2,1H3,(H,13,14,16). The van der Waals surface area contributed by atoms with Crippen molar-refractivity contribution in [3.05, 3.63) is 42.5 Å². The number of H-pyrrole nitrogens is 1. The molecule has 1 N–H and O–H groups in total. The van der Waals surface area contributed by atoms with E-state index in [1.54, 1.807) is 11.3 Å². The van der Waals surface area contributed by atoms with Crippen LogP contribution in [0.4, 0.5) is 5.82 Å². The number of hydrogen-bond acceptors (Lipinski definition) is 4. The van der Waals surface area contributed by atoms with Crippen LogP contribution < -0.4 is 10.5 Å². The number of aromatic nitrogens is 2. The lowest BCUT2D eigenvalue weighted by atomic mass is 10.4. The Bertz CT molecular complexity index is 583. The second-order valence-electron chi connectivity index (χ2n) is 3.46. The fourth-order valence-electron chi connectivity index (χ4n) is 1.39. The Balaban J connectivity index is 2.23. The summed E-state index contributed by atoms with van der Waals surface area (Å²) in [6.07, 6.45) is 1.35. The van der Waals surface area contributed by atoms with E-state index in [-0.39, 0.29) is 10.6 Å². The summed E-state index contributed by atoms with van der Waals surface area (Å²) in [4.78, 5) is 20.9. The minimum absolute atomic E-state index is 0.116. The SMILES string of the molecule is CN(Cc1cc(Br)cs1)c1nc[nH]c(=O)c1Cl. The molecule has 0 unspecified atom stereocenters. The number of aromatic amines is 1. The van der Waals surface area contributed by atoms with Gasteiger partial charge in [0, 0.05) is 21.8 Å². The Kier molecular flexibility index (Phi) is 3.86. The van der Waals surface area contributed by atoms with Gasteiger partial charge in [0.1, 0.15) is 5.02 Å². The molecule has 2 aromatic rings. The van der Waals surface area contributed by atoms with Crippen molar-refractivity contribution in [2.45, 2.75) is 6.54 Å². The zero-order chi connectivity index (χ0) is 12.4. The van der Waals surface area contributed by atoms with Gasteiger partial charge in [-0.1, -0.05) is 11.6 Å². The highest BCUT2D eigenvalue weighted by molar-refractivity contribution is 9.10. The Labute approximate surface area is 115 Å². The highest BCUT2D eigenvalue weighted by Gasteiger charge is 2.11. The van der Waals surface area contributed by atoms with Crippen LogP contribution >= 0.6 is 38.9 Å². The van der Waals surface area contributed by atoms with E-state index in [1.807, 2.05) is 23.4 Å². The zero-order valence-corrected chi connectivity index (χ0v) is 12.1. The van der Waals surface area contributed by atoms with Crippen molar-refractivity contribution >= 4 is 44.7 Å². The molecular weight excluding hydrogens is 326 g/mol. The fraction of sp³-hybridized carbons (Fsp3) is 0.200. The molecule has 0 aliphatic rings. The topological polar surface area (TPSA) is 49.0 Å². The number of thiophene rings is 1. The monoisotopic (exact) mass is 333 g/mol. The van der Waals surface area contributed by atoms with Gasteiger partial charge >= 0.3 is 0 Å². The Hall–Kier alpha value is -0.850. The van der Waals surface area contributed by atoms with Crippen LogP contribution in [0.2, 0.25) is 5.02 Å². The third-order valence-corrected chi connectivity index (χ3v) is 4.18.